The molecule has 1 saturated heterocycles. The van der Waals surface area contributed by atoms with E-state index in [0.717, 1.165) is 26.2 Å². The van der Waals surface area contributed by atoms with E-state index in [1.807, 2.05) is 6.07 Å². The number of para-hydroxylation sites is 1. The van der Waals surface area contributed by atoms with E-state index < -0.39 is 6.10 Å². The standard InChI is InChI=1S/C16H24N2O2/c1-2-12-20-14-16(19)13-17-8-10-18(11-9-17)15-6-4-3-5-7-15/h2-7,16,19H,1,8-14H2/t16-/m1/s1. The average molecular weight is 276 g/mol. The van der Waals surface area contributed by atoms with Crippen molar-refractivity contribution in [1.82, 2.24) is 4.90 Å². The van der Waals surface area contributed by atoms with Crippen LogP contribution < -0.4 is 4.90 Å². The Labute approximate surface area is 121 Å². The maximum Gasteiger partial charge on any atom is 0.0900 e. The second kappa shape index (κ2) is 8.04. The minimum absolute atomic E-state index is 0.380. The zero-order valence-corrected chi connectivity index (χ0v) is 11.9. The molecule has 0 radical (unpaired) electrons. The van der Waals surface area contributed by atoms with Crippen molar-refractivity contribution >= 4 is 5.69 Å². The first-order valence-corrected chi connectivity index (χ1v) is 7.18. The molecule has 1 aromatic carbocycles. The number of aliphatic hydroxyl groups excluding tert-OH is 1. The summed E-state index contributed by atoms with van der Waals surface area (Å²) in [6, 6.07) is 10.5. The predicted octanol–water partition coefficient (Wildman–Crippen LogP) is 1.37. The summed E-state index contributed by atoms with van der Waals surface area (Å²) in [6.07, 6.45) is 1.28. The number of hydrogen-bond acceptors (Lipinski definition) is 4. The molecule has 1 aromatic rings. The van der Waals surface area contributed by atoms with E-state index in [9.17, 15) is 5.11 Å². The topological polar surface area (TPSA) is 35.9 Å². The fourth-order valence-corrected chi connectivity index (χ4v) is 2.47. The molecule has 2 rings (SSSR count). The molecule has 1 heterocycles. The molecule has 0 amide bonds. The van der Waals surface area contributed by atoms with Gasteiger partial charge in [0.05, 0.1) is 19.3 Å². The number of anilines is 1. The van der Waals surface area contributed by atoms with Gasteiger partial charge in [-0.1, -0.05) is 24.3 Å². The van der Waals surface area contributed by atoms with Gasteiger partial charge in [0.25, 0.3) is 0 Å². The van der Waals surface area contributed by atoms with Crippen molar-refractivity contribution in [1.29, 1.82) is 0 Å². The summed E-state index contributed by atoms with van der Waals surface area (Å²) in [7, 11) is 0. The third-order valence-electron chi connectivity index (χ3n) is 3.51. The van der Waals surface area contributed by atoms with Crippen LogP contribution in [0.2, 0.25) is 0 Å². The maximum atomic E-state index is 9.90. The number of aliphatic hydroxyl groups is 1. The van der Waals surface area contributed by atoms with Gasteiger partial charge in [-0.05, 0) is 12.1 Å². The first kappa shape index (κ1) is 15.0. The third kappa shape index (κ3) is 4.63. The lowest BCUT2D eigenvalue weighted by Crippen LogP contribution is -2.49. The van der Waals surface area contributed by atoms with E-state index in [1.54, 1.807) is 6.08 Å². The zero-order chi connectivity index (χ0) is 14.2. The summed E-state index contributed by atoms with van der Waals surface area (Å²) in [5.41, 5.74) is 1.28. The molecule has 0 spiro atoms. The van der Waals surface area contributed by atoms with Crippen molar-refractivity contribution in [3.05, 3.63) is 43.0 Å². The van der Waals surface area contributed by atoms with E-state index in [2.05, 4.69) is 40.6 Å². The van der Waals surface area contributed by atoms with Gasteiger partial charge in [0.1, 0.15) is 0 Å². The Morgan fingerprint density at radius 1 is 1.20 bits per heavy atom. The van der Waals surface area contributed by atoms with Crippen molar-refractivity contribution in [2.24, 2.45) is 0 Å². The summed E-state index contributed by atoms with van der Waals surface area (Å²) in [4.78, 5) is 4.68. The van der Waals surface area contributed by atoms with E-state index in [1.165, 1.54) is 5.69 Å². The number of hydrogen-bond donors (Lipinski definition) is 1. The van der Waals surface area contributed by atoms with Gasteiger partial charge in [0, 0.05) is 38.4 Å². The summed E-state index contributed by atoms with van der Waals surface area (Å²) >= 11 is 0. The molecule has 0 bridgehead atoms. The van der Waals surface area contributed by atoms with E-state index in [0.29, 0.717) is 19.8 Å². The van der Waals surface area contributed by atoms with Gasteiger partial charge in [-0.25, -0.2) is 0 Å². The number of ether oxygens (including phenoxy) is 1. The van der Waals surface area contributed by atoms with Gasteiger partial charge in [-0.3, -0.25) is 4.90 Å². The van der Waals surface area contributed by atoms with Crippen molar-refractivity contribution in [3.8, 4) is 0 Å². The van der Waals surface area contributed by atoms with Crippen LogP contribution in [-0.2, 0) is 4.74 Å². The molecule has 1 fully saturated rings. The summed E-state index contributed by atoms with van der Waals surface area (Å²) in [5.74, 6) is 0. The Morgan fingerprint density at radius 2 is 1.90 bits per heavy atom. The van der Waals surface area contributed by atoms with Crippen LogP contribution in [0.5, 0.6) is 0 Å². The fraction of sp³-hybridized carbons (Fsp3) is 0.500. The molecular weight excluding hydrogens is 252 g/mol. The molecule has 1 N–H and O–H groups in total. The first-order valence-electron chi connectivity index (χ1n) is 7.18. The molecule has 110 valence electrons. The van der Waals surface area contributed by atoms with Crippen molar-refractivity contribution in [2.45, 2.75) is 6.10 Å². The predicted molar refractivity (Wildman–Crippen MR) is 82.1 cm³/mol. The zero-order valence-electron chi connectivity index (χ0n) is 11.9. The minimum atomic E-state index is -0.418. The van der Waals surface area contributed by atoms with Gasteiger partial charge < -0.3 is 14.7 Å². The Hall–Kier alpha value is -1.36. The first-order chi connectivity index (χ1) is 9.79. The lowest BCUT2D eigenvalue weighted by molar-refractivity contribution is 0.0252. The maximum absolute atomic E-state index is 9.90. The number of benzene rings is 1. The lowest BCUT2D eigenvalue weighted by Gasteiger charge is -2.36. The summed E-state index contributed by atoms with van der Waals surface area (Å²) in [6.45, 7) is 9.11. The highest BCUT2D eigenvalue weighted by atomic mass is 16.5. The van der Waals surface area contributed by atoms with Gasteiger partial charge in [0.15, 0.2) is 0 Å². The van der Waals surface area contributed by atoms with Crippen LogP contribution in [0.1, 0.15) is 0 Å². The minimum Gasteiger partial charge on any atom is -0.389 e. The fourth-order valence-electron chi connectivity index (χ4n) is 2.47. The average Bonchev–Trinajstić information content (AvgIpc) is 2.49. The molecular formula is C16H24N2O2. The number of rotatable bonds is 7. The largest absolute Gasteiger partial charge is 0.389 e. The molecule has 0 aromatic heterocycles. The third-order valence-corrected chi connectivity index (χ3v) is 3.51. The van der Waals surface area contributed by atoms with Crippen molar-refractivity contribution < 1.29 is 9.84 Å². The normalized spacial score (nSPS) is 17.9. The number of nitrogens with zero attached hydrogens (tertiary/aromatic N) is 2. The molecule has 1 atom stereocenters. The van der Waals surface area contributed by atoms with Crippen LogP contribution in [0, 0.1) is 0 Å². The van der Waals surface area contributed by atoms with Crippen LogP contribution in [0.3, 0.4) is 0 Å². The van der Waals surface area contributed by atoms with Crippen molar-refractivity contribution in [2.75, 3.05) is 50.8 Å². The molecule has 20 heavy (non-hydrogen) atoms. The van der Waals surface area contributed by atoms with Gasteiger partial charge in [-0.2, -0.15) is 0 Å². The molecule has 1 aliphatic rings. The highest BCUT2D eigenvalue weighted by Gasteiger charge is 2.19. The van der Waals surface area contributed by atoms with Gasteiger partial charge in [0.2, 0.25) is 0 Å². The van der Waals surface area contributed by atoms with Crippen LogP contribution in [0.25, 0.3) is 0 Å². The molecule has 1 aliphatic heterocycles. The summed E-state index contributed by atoms with van der Waals surface area (Å²) < 4.78 is 5.27. The van der Waals surface area contributed by atoms with Crippen molar-refractivity contribution in [3.63, 3.8) is 0 Å². The molecule has 4 heteroatoms. The smallest absolute Gasteiger partial charge is 0.0900 e. The second-order valence-corrected chi connectivity index (χ2v) is 5.10. The van der Waals surface area contributed by atoms with Crippen LogP contribution in [-0.4, -0.2) is 62.0 Å². The monoisotopic (exact) mass is 276 g/mol. The Kier molecular flexibility index (Phi) is 6.05. The van der Waals surface area contributed by atoms with Crippen LogP contribution in [0.4, 0.5) is 5.69 Å². The number of β-amino-alcohol motifs (C(OH)–C–C–N with tert-alkyl or cyclic N) is 1. The van der Waals surface area contributed by atoms with Crippen LogP contribution in [0.15, 0.2) is 43.0 Å². The number of piperazine rings is 1. The quantitative estimate of drug-likeness (QED) is 0.603. The molecule has 0 aliphatic carbocycles. The molecule has 0 unspecified atom stereocenters. The Morgan fingerprint density at radius 3 is 2.55 bits per heavy atom. The summed E-state index contributed by atoms with van der Waals surface area (Å²) in [5, 5.41) is 9.90. The van der Waals surface area contributed by atoms with E-state index in [-0.39, 0.29) is 0 Å². The highest BCUT2D eigenvalue weighted by molar-refractivity contribution is 5.46. The van der Waals surface area contributed by atoms with Gasteiger partial charge >= 0.3 is 0 Å². The lowest BCUT2D eigenvalue weighted by atomic mass is 10.2. The second-order valence-electron chi connectivity index (χ2n) is 5.10. The van der Waals surface area contributed by atoms with Crippen LogP contribution >= 0.6 is 0 Å². The Balaban J connectivity index is 1.70. The molecule has 0 saturated carbocycles. The van der Waals surface area contributed by atoms with E-state index >= 15 is 0 Å². The molecule has 4 nitrogen and oxygen atoms in total. The Bertz CT molecular complexity index is 389. The SMILES string of the molecule is C=CCOC[C@H](O)CN1CCN(c2ccccc2)CC1. The van der Waals surface area contributed by atoms with E-state index in [4.69, 9.17) is 4.74 Å². The highest BCUT2D eigenvalue weighted by Crippen LogP contribution is 2.15. The van der Waals surface area contributed by atoms with Gasteiger partial charge in [-0.15, -0.1) is 6.58 Å².